The molecule has 0 saturated carbocycles. The van der Waals surface area contributed by atoms with Gasteiger partial charge in [-0.2, -0.15) is 0 Å². The summed E-state index contributed by atoms with van der Waals surface area (Å²) < 4.78 is 10.1. The van der Waals surface area contributed by atoms with Gasteiger partial charge in [0.1, 0.15) is 0 Å². The van der Waals surface area contributed by atoms with Crippen LogP contribution in [0.2, 0.25) is 0 Å². The van der Waals surface area contributed by atoms with Crippen molar-refractivity contribution in [3.8, 4) is 11.5 Å². The predicted molar refractivity (Wildman–Crippen MR) is 62.4 cm³/mol. The second kappa shape index (κ2) is 5.74. The van der Waals surface area contributed by atoms with Crippen molar-refractivity contribution in [3.63, 3.8) is 0 Å². The molecule has 0 fully saturated rings. The Morgan fingerprint density at radius 2 is 1.76 bits per heavy atom. The molecule has 3 amide bonds. The van der Waals surface area contributed by atoms with Gasteiger partial charge in [0.05, 0.1) is 14.2 Å². The Hall–Kier alpha value is -2.24. The summed E-state index contributed by atoms with van der Waals surface area (Å²) in [7, 11) is 3.02. The molecule has 92 valence electrons. The number of imide groups is 1. The van der Waals surface area contributed by atoms with Crippen molar-refractivity contribution in [2.45, 2.75) is 6.92 Å². The summed E-state index contributed by atoms with van der Waals surface area (Å²) in [5.41, 5.74) is 0.501. The normalized spacial score (nSPS) is 9.35. The van der Waals surface area contributed by atoms with Gasteiger partial charge in [-0.05, 0) is 12.1 Å². The van der Waals surface area contributed by atoms with Crippen LogP contribution in [0.15, 0.2) is 18.2 Å². The molecule has 0 atom stereocenters. The summed E-state index contributed by atoms with van der Waals surface area (Å²) >= 11 is 0. The van der Waals surface area contributed by atoms with Gasteiger partial charge in [0.15, 0.2) is 11.5 Å². The van der Waals surface area contributed by atoms with Crippen LogP contribution in [0, 0.1) is 0 Å². The zero-order valence-electron chi connectivity index (χ0n) is 9.87. The first-order valence-corrected chi connectivity index (χ1v) is 4.87. The summed E-state index contributed by atoms with van der Waals surface area (Å²) in [6.45, 7) is 1.26. The van der Waals surface area contributed by atoms with Gasteiger partial charge in [0.2, 0.25) is 5.91 Å². The Labute approximate surface area is 98.9 Å². The fourth-order valence-electron chi connectivity index (χ4n) is 1.24. The molecule has 2 N–H and O–H groups in total. The SMILES string of the molecule is COc1ccc(NC(=O)NC(C)=O)cc1OC. The number of carbonyl (C=O) groups is 2. The molecule has 0 heterocycles. The van der Waals surface area contributed by atoms with Gasteiger partial charge in [-0.1, -0.05) is 0 Å². The van der Waals surface area contributed by atoms with Crippen LogP contribution in [-0.4, -0.2) is 26.2 Å². The van der Waals surface area contributed by atoms with E-state index in [1.54, 1.807) is 18.2 Å². The van der Waals surface area contributed by atoms with Crippen molar-refractivity contribution < 1.29 is 19.1 Å². The largest absolute Gasteiger partial charge is 0.493 e. The minimum absolute atomic E-state index is 0.428. The number of urea groups is 1. The number of rotatable bonds is 3. The third kappa shape index (κ3) is 3.67. The summed E-state index contributed by atoms with van der Waals surface area (Å²) in [5.74, 6) is 0.626. The zero-order valence-corrected chi connectivity index (χ0v) is 9.87. The topological polar surface area (TPSA) is 76.7 Å². The number of hydrogen-bond acceptors (Lipinski definition) is 4. The quantitative estimate of drug-likeness (QED) is 0.833. The second-order valence-electron chi connectivity index (χ2n) is 3.21. The zero-order chi connectivity index (χ0) is 12.8. The first-order valence-electron chi connectivity index (χ1n) is 4.87. The van der Waals surface area contributed by atoms with Crippen LogP contribution in [-0.2, 0) is 4.79 Å². The van der Waals surface area contributed by atoms with Crippen molar-refractivity contribution in [1.82, 2.24) is 5.32 Å². The van der Waals surface area contributed by atoms with E-state index < -0.39 is 11.9 Å². The van der Waals surface area contributed by atoms with Gasteiger partial charge in [0, 0.05) is 18.7 Å². The van der Waals surface area contributed by atoms with Crippen LogP contribution in [0.4, 0.5) is 10.5 Å². The summed E-state index contributed by atoms with van der Waals surface area (Å²) in [6, 6.07) is 4.30. The van der Waals surface area contributed by atoms with E-state index in [9.17, 15) is 9.59 Å². The van der Waals surface area contributed by atoms with Crippen molar-refractivity contribution >= 4 is 17.6 Å². The standard InChI is InChI=1S/C11H14N2O4/c1-7(14)12-11(15)13-8-4-5-9(16-2)10(6-8)17-3/h4-6H,1-3H3,(H2,12,13,14,15). The number of ether oxygens (including phenoxy) is 2. The first kappa shape index (κ1) is 12.8. The first-order chi connectivity index (χ1) is 8.06. The maximum atomic E-state index is 11.3. The van der Waals surface area contributed by atoms with Crippen molar-refractivity contribution in [1.29, 1.82) is 0 Å². The molecule has 0 aliphatic heterocycles. The molecular weight excluding hydrogens is 224 g/mol. The second-order valence-corrected chi connectivity index (χ2v) is 3.21. The van der Waals surface area contributed by atoms with Gasteiger partial charge in [-0.15, -0.1) is 0 Å². The van der Waals surface area contributed by atoms with E-state index >= 15 is 0 Å². The molecule has 1 aromatic carbocycles. The van der Waals surface area contributed by atoms with Gasteiger partial charge in [-0.25, -0.2) is 4.79 Å². The van der Waals surface area contributed by atoms with E-state index in [2.05, 4.69) is 10.6 Å². The molecule has 0 radical (unpaired) electrons. The number of nitrogens with one attached hydrogen (secondary N) is 2. The lowest BCUT2D eigenvalue weighted by Crippen LogP contribution is -2.32. The highest BCUT2D eigenvalue weighted by Crippen LogP contribution is 2.29. The average Bonchev–Trinajstić information content (AvgIpc) is 2.27. The highest BCUT2D eigenvalue weighted by molar-refractivity contribution is 6.00. The molecule has 6 heteroatoms. The van der Waals surface area contributed by atoms with Gasteiger partial charge in [-0.3, -0.25) is 10.1 Å². The molecule has 1 rings (SSSR count). The van der Waals surface area contributed by atoms with E-state index in [4.69, 9.17) is 9.47 Å². The highest BCUT2D eigenvalue weighted by Gasteiger charge is 2.07. The van der Waals surface area contributed by atoms with Crippen LogP contribution < -0.4 is 20.1 Å². The molecule has 0 aliphatic rings. The monoisotopic (exact) mass is 238 g/mol. The van der Waals surface area contributed by atoms with Crippen molar-refractivity contribution in [2.75, 3.05) is 19.5 Å². The number of carbonyl (C=O) groups excluding carboxylic acids is 2. The molecular formula is C11H14N2O4. The Bertz CT molecular complexity index is 431. The average molecular weight is 238 g/mol. The Morgan fingerprint density at radius 1 is 1.12 bits per heavy atom. The van der Waals surface area contributed by atoms with Crippen molar-refractivity contribution in [3.05, 3.63) is 18.2 Å². The van der Waals surface area contributed by atoms with E-state index in [1.807, 2.05) is 0 Å². The Balaban J connectivity index is 2.79. The van der Waals surface area contributed by atoms with Crippen LogP contribution in [0.25, 0.3) is 0 Å². The van der Waals surface area contributed by atoms with Gasteiger partial charge >= 0.3 is 6.03 Å². The predicted octanol–water partition coefficient (Wildman–Crippen LogP) is 1.37. The maximum Gasteiger partial charge on any atom is 0.325 e. The molecule has 0 spiro atoms. The summed E-state index contributed by atoms with van der Waals surface area (Å²) in [4.78, 5) is 21.9. The fraction of sp³-hybridized carbons (Fsp3) is 0.273. The van der Waals surface area contributed by atoms with E-state index in [0.717, 1.165) is 0 Å². The lowest BCUT2D eigenvalue weighted by molar-refractivity contribution is -0.117. The van der Waals surface area contributed by atoms with E-state index in [0.29, 0.717) is 17.2 Å². The number of amides is 3. The molecule has 0 aromatic heterocycles. The van der Waals surface area contributed by atoms with E-state index in [-0.39, 0.29) is 0 Å². The lowest BCUT2D eigenvalue weighted by Gasteiger charge is -2.10. The van der Waals surface area contributed by atoms with Gasteiger partial charge in [0.25, 0.3) is 0 Å². The van der Waals surface area contributed by atoms with Crippen LogP contribution >= 0.6 is 0 Å². The number of hydrogen-bond donors (Lipinski definition) is 2. The van der Waals surface area contributed by atoms with Gasteiger partial charge < -0.3 is 14.8 Å². The van der Waals surface area contributed by atoms with Crippen LogP contribution in [0.5, 0.6) is 11.5 Å². The molecule has 0 saturated heterocycles. The number of anilines is 1. The van der Waals surface area contributed by atoms with Crippen LogP contribution in [0.3, 0.4) is 0 Å². The third-order valence-electron chi connectivity index (χ3n) is 1.93. The molecule has 1 aromatic rings. The molecule has 0 aliphatic carbocycles. The molecule has 0 bridgehead atoms. The fourth-order valence-corrected chi connectivity index (χ4v) is 1.24. The van der Waals surface area contributed by atoms with E-state index in [1.165, 1.54) is 21.1 Å². The summed E-state index contributed by atoms with van der Waals surface area (Å²) in [6.07, 6.45) is 0. The minimum Gasteiger partial charge on any atom is -0.493 e. The Morgan fingerprint density at radius 3 is 2.29 bits per heavy atom. The number of benzene rings is 1. The Kier molecular flexibility index (Phi) is 4.33. The minimum atomic E-state index is -0.593. The lowest BCUT2D eigenvalue weighted by atomic mass is 10.3. The third-order valence-corrected chi connectivity index (χ3v) is 1.93. The smallest absolute Gasteiger partial charge is 0.325 e. The van der Waals surface area contributed by atoms with Crippen molar-refractivity contribution in [2.24, 2.45) is 0 Å². The van der Waals surface area contributed by atoms with Crippen LogP contribution in [0.1, 0.15) is 6.92 Å². The maximum absolute atomic E-state index is 11.3. The highest BCUT2D eigenvalue weighted by atomic mass is 16.5. The molecule has 0 unspecified atom stereocenters. The molecule has 6 nitrogen and oxygen atoms in total. The number of methoxy groups -OCH3 is 2. The molecule has 17 heavy (non-hydrogen) atoms. The summed E-state index contributed by atoms with van der Waals surface area (Å²) in [5, 5.41) is 4.59.